The van der Waals surface area contributed by atoms with Crippen LogP contribution in [0.3, 0.4) is 0 Å². The van der Waals surface area contributed by atoms with Gasteiger partial charge in [0.15, 0.2) is 5.16 Å². The largest absolute Gasteiger partial charge is 0.384 e. The Morgan fingerprint density at radius 2 is 2.31 bits per heavy atom. The number of thioether (sulfide) groups is 1. The highest BCUT2D eigenvalue weighted by Crippen LogP contribution is 2.36. The van der Waals surface area contributed by atoms with E-state index in [9.17, 15) is 4.79 Å². The molecule has 7 heteroatoms. The van der Waals surface area contributed by atoms with Crippen LogP contribution in [0.25, 0.3) is 10.2 Å². The molecule has 0 spiro atoms. The van der Waals surface area contributed by atoms with Crippen molar-refractivity contribution in [1.29, 1.82) is 0 Å². The standard InChI is InChI=1S/C19H26N2O3S2/c1-12-5-6-14-15(10-12)26-17-16(14)18(22)21(11-13-4-3-7-24-13)19(20-17)25-9-8-23-2/h12-13H,3-11H2,1-2H3. The van der Waals surface area contributed by atoms with Crippen molar-refractivity contribution in [3.8, 4) is 0 Å². The molecule has 2 unspecified atom stereocenters. The minimum absolute atomic E-state index is 0.123. The van der Waals surface area contributed by atoms with Crippen LogP contribution in [0, 0.1) is 5.92 Å². The Labute approximate surface area is 162 Å². The molecule has 0 aromatic carbocycles. The van der Waals surface area contributed by atoms with Crippen LogP contribution in [-0.2, 0) is 28.9 Å². The SMILES string of the molecule is COCCSc1nc2sc3c(c2c(=O)n1CC1CCCO1)CCC(C)C3. The van der Waals surface area contributed by atoms with Crippen LogP contribution in [-0.4, -0.2) is 41.7 Å². The second-order valence-corrected chi connectivity index (χ2v) is 9.46. The fraction of sp³-hybridized carbons (Fsp3) is 0.684. The predicted molar refractivity (Wildman–Crippen MR) is 107 cm³/mol. The molecule has 2 atom stereocenters. The average molecular weight is 395 g/mol. The molecule has 142 valence electrons. The van der Waals surface area contributed by atoms with Crippen molar-refractivity contribution in [2.24, 2.45) is 5.92 Å². The lowest BCUT2D eigenvalue weighted by Crippen LogP contribution is -2.29. The molecule has 1 aliphatic carbocycles. The van der Waals surface area contributed by atoms with Crippen LogP contribution in [0.15, 0.2) is 9.95 Å². The maximum Gasteiger partial charge on any atom is 0.263 e. The molecule has 0 bridgehead atoms. The number of aromatic nitrogens is 2. The van der Waals surface area contributed by atoms with Crippen molar-refractivity contribution >= 4 is 33.3 Å². The van der Waals surface area contributed by atoms with Crippen molar-refractivity contribution in [3.63, 3.8) is 0 Å². The summed E-state index contributed by atoms with van der Waals surface area (Å²) in [5.74, 6) is 1.49. The molecule has 4 rings (SSSR count). The highest BCUT2D eigenvalue weighted by molar-refractivity contribution is 7.99. The Morgan fingerprint density at radius 1 is 1.42 bits per heavy atom. The molecule has 5 nitrogen and oxygen atoms in total. The zero-order valence-electron chi connectivity index (χ0n) is 15.5. The molecule has 2 aromatic heterocycles. The van der Waals surface area contributed by atoms with Crippen LogP contribution in [0.2, 0.25) is 0 Å². The van der Waals surface area contributed by atoms with Crippen LogP contribution >= 0.6 is 23.1 Å². The highest BCUT2D eigenvalue weighted by Gasteiger charge is 2.26. The Hall–Kier alpha value is -0.890. The summed E-state index contributed by atoms with van der Waals surface area (Å²) in [6.07, 6.45) is 5.47. The summed E-state index contributed by atoms with van der Waals surface area (Å²) >= 11 is 3.33. The molecule has 1 fully saturated rings. The number of ether oxygens (including phenoxy) is 2. The van der Waals surface area contributed by atoms with Crippen molar-refractivity contribution in [1.82, 2.24) is 9.55 Å². The van der Waals surface area contributed by atoms with Crippen LogP contribution < -0.4 is 5.56 Å². The fourth-order valence-corrected chi connectivity index (χ4v) is 6.22. The molecule has 1 aliphatic heterocycles. The first kappa shape index (κ1) is 18.5. The van der Waals surface area contributed by atoms with Crippen molar-refractivity contribution in [2.45, 2.75) is 56.8 Å². The van der Waals surface area contributed by atoms with Gasteiger partial charge in [0.25, 0.3) is 5.56 Å². The van der Waals surface area contributed by atoms with E-state index in [1.807, 2.05) is 4.57 Å². The van der Waals surface area contributed by atoms with Gasteiger partial charge in [-0.2, -0.15) is 0 Å². The molecule has 0 radical (unpaired) electrons. The number of nitrogens with zero attached hydrogens (tertiary/aromatic N) is 2. The Kier molecular flexibility index (Phi) is 5.69. The van der Waals surface area contributed by atoms with Crippen LogP contribution in [0.1, 0.15) is 36.6 Å². The predicted octanol–water partition coefficient (Wildman–Crippen LogP) is 3.50. The van der Waals surface area contributed by atoms with Crippen LogP contribution in [0.4, 0.5) is 0 Å². The van der Waals surface area contributed by atoms with E-state index < -0.39 is 0 Å². The molecule has 0 N–H and O–H groups in total. The van der Waals surface area contributed by atoms with Crippen molar-refractivity contribution in [2.75, 3.05) is 26.1 Å². The first-order valence-corrected chi connectivity index (χ1v) is 11.3. The topological polar surface area (TPSA) is 53.3 Å². The molecule has 0 saturated carbocycles. The van der Waals surface area contributed by atoms with E-state index in [2.05, 4.69) is 6.92 Å². The first-order chi connectivity index (χ1) is 12.7. The van der Waals surface area contributed by atoms with Crippen LogP contribution in [0.5, 0.6) is 0 Å². The zero-order valence-corrected chi connectivity index (χ0v) is 17.1. The van der Waals surface area contributed by atoms with Gasteiger partial charge >= 0.3 is 0 Å². The molecule has 2 aromatic rings. The molecule has 3 heterocycles. The van der Waals surface area contributed by atoms with Gasteiger partial charge in [-0.15, -0.1) is 11.3 Å². The second-order valence-electron chi connectivity index (χ2n) is 7.32. The van der Waals surface area contributed by atoms with Gasteiger partial charge in [0.2, 0.25) is 0 Å². The van der Waals surface area contributed by atoms with E-state index in [4.69, 9.17) is 14.5 Å². The van der Waals surface area contributed by atoms with Gasteiger partial charge in [0, 0.05) is 24.3 Å². The molecule has 2 aliphatic rings. The van der Waals surface area contributed by atoms with Gasteiger partial charge in [-0.3, -0.25) is 9.36 Å². The summed E-state index contributed by atoms with van der Waals surface area (Å²) in [6, 6.07) is 0. The molecular weight excluding hydrogens is 368 g/mol. The summed E-state index contributed by atoms with van der Waals surface area (Å²) in [5.41, 5.74) is 1.38. The zero-order chi connectivity index (χ0) is 18.1. The van der Waals surface area contributed by atoms with Crippen molar-refractivity contribution < 1.29 is 9.47 Å². The number of thiophene rings is 1. The monoisotopic (exact) mass is 394 g/mol. The number of aryl methyl sites for hydroxylation is 1. The molecular formula is C19H26N2O3S2. The maximum atomic E-state index is 13.4. The quantitative estimate of drug-likeness (QED) is 0.426. The van der Waals surface area contributed by atoms with Gasteiger partial charge < -0.3 is 9.47 Å². The highest BCUT2D eigenvalue weighted by atomic mass is 32.2. The van der Waals surface area contributed by atoms with E-state index in [1.165, 1.54) is 10.4 Å². The van der Waals surface area contributed by atoms with Crippen molar-refractivity contribution in [3.05, 3.63) is 20.8 Å². The number of rotatable bonds is 6. The van der Waals surface area contributed by atoms with Gasteiger partial charge in [0.05, 0.1) is 24.6 Å². The summed E-state index contributed by atoms with van der Waals surface area (Å²) in [4.78, 5) is 20.6. The van der Waals surface area contributed by atoms with E-state index in [-0.39, 0.29) is 11.7 Å². The number of methoxy groups -OCH3 is 1. The van der Waals surface area contributed by atoms with E-state index in [0.717, 1.165) is 59.8 Å². The van der Waals surface area contributed by atoms with Gasteiger partial charge in [-0.25, -0.2) is 4.98 Å². The summed E-state index contributed by atoms with van der Waals surface area (Å²) in [7, 11) is 1.70. The number of hydrogen-bond donors (Lipinski definition) is 0. The lowest BCUT2D eigenvalue weighted by molar-refractivity contribution is 0.0937. The molecule has 0 amide bonds. The maximum absolute atomic E-state index is 13.4. The lowest BCUT2D eigenvalue weighted by Gasteiger charge is -2.18. The fourth-order valence-electron chi connectivity index (χ4n) is 3.88. The summed E-state index contributed by atoms with van der Waals surface area (Å²) in [6.45, 7) is 4.35. The normalized spacial score (nSPS) is 22.8. The smallest absolute Gasteiger partial charge is 0.263 e. The Balaban J connectivity index is 1.77. The third-order valence-electron chi connectivity index (χ3n) is 5.31. The van der Waals surface area contributed by atoms with E-state index >= 15 is 0 Å². The second kappa shape index (κ2) is 8.00. The number of hydrogen-bond acceptors (Lipinski definition) is 6. The lowest BCUT2D eigenvalue weighted by atomic mass is 9.89. The third-order valence-corrected chi connectivity index (χ3v) is 7.40. The Morgan fingerprint density at radius 3 is 3.08 bits per heavy atom. The Bertz CT molecular complexity index is 839. The minimum Gasteiger partial charge on any atom is -0.384 e. The minimum atomic E-state index is 0.123. The van der Waals surface area contributed by atoms with Gasteiger partial charge in [0.1, 0.15) is 4.83 Å². The number of fused-ring (bicyclic) bond motifs is 3. The summed E-state index contributed by atoms with van der Waals surface area (Å²) < 4.78 is 12.8. The summed E-state index contributed by atoms with van der Waals surface area (Å²) in [5, 5.41) is 1.67. The average Bonchev–Trinajstić information content (AvgIpc) is 3.25. The third kappa shape index (κ3) is 3.59. The first-order valence-electron chi connectivity index (χ1n) is 9.45. The van der Waals surface area contributed by atoms with Gasteiger partial charge in [-0.05, 0) is 43.6 Å². The van der Waals surface area contributed by atoms with E-state index in [0.29, 0.717) is 19.1 Å². The molecule has 1 saturated heterocycles. The molecule has 26 heavy (non-hydrogen) atoms. The van der Waals surface area contributed by atoms with E-state index in [1.54, 1.807) is 30.2 Å². The van der Waals surface area contributed by atoms with Gasteiger partial charge in [-0.1, -0.05) is 18.7 Å².